The van der Waals surface area contributed by atoms with E-state index in [1.54, 1.807) is 0 Å². The van der Waals surface area contributed by atoms with E-state index in [4.69, 9.17) is 5.73 Å². The molecule has 1 aromatic carbocycles. The van der Waals surface area contributed by atoms with Gasteiger partial charge in [-0.1, -0.05) is 19.4 Å². The summed E-state index contributed by atoms with van der Waals surface area (Å²) in [5, 5.41) is 10.3. The molecule has 0 atom stereocenters. The highest BCUT2D eigenvalue weighted by Crippen LogP contribution is 3.02. The third kappa shape index (κ3) is 2.97. The quantitative estimate of drug-likeness (QED) is 0.369. The molecule has 0 amide bonds. The van der Waals surface area contributed by atoms with E-state index in [1.165, 1.54) is 0 Å². The van der Waals surface area contributed by atoms with Crippen LogP contribution in [0.1, 0.15) is 0 Å². The normalized spacial score (nSPS) is 16.1. The number of nitro groups is 1. The van der Waals surface area contributed by atoms with Gasteiger partial charge < -0.3 is 5.73 Å². The molecule has 0 aliphatic carbocycles. The molecular weight excluding hydrogens is 339 g/mol. The fourth-order valence-electron chi connectivity index (χ4n) is 1.01. The molecule has 0 aliphatic rings. The van der Waals surface area contributed by atoms with E-state index in [9.17, 15) is 29.5 Å². The van der Waals surface area contributed by atoms with Crippen molar-refractivity contribution in [3.63, 3.8) is 0 Å². The van der Waals surface area contributed by atoms with Crippen molar-refractivity contribution in [2.24, 2.45) is 0 Å². The lowest BCUT2D eigenvalue weighted by molar-refractivity contribution is -0.384. The fourth-order valence-corrected chi connectivity index (χ4v) is 3.04. The molecule has 98 valence electrons. The lowest BCUT2D eigenvalue weighted by Crippen LogP contribution is -2.08. The van der Waals surface area contributed by atoms with Gasteiger partial charge in [-0.25, -0.2) is 0 Å². The third-order valence-electron chi connectivity index (χ3n) is 1.69. The van der Waals surface area contributed by atoms with Gasteiger partial charge in [-0.15, -0.1) is 0 Å². The molecule has 0 heterocycles. The molecule has 17 heavy (non-hydrogen) atoms. The Morgan fingerprint density at radius 3 is 2.06 bits per heavy atom. The van der Waals surface area contributed by atoms with Crippen LogP contribution in [-0.2, 0) is 0 Å². The molecule has 0 saturated heterocycles. The van der Waals surface area contributed by atoms with Crippen molar-refractivity contribution in [2.75, 3.05) is 5.73 Å². The van der Waals surface area contributed by atoms with Crippen LogP contribution >= 0.6 is 26.2 Å². The van der Waals surface area contributed by atoms with Crippen LogP contribution in [0, 0.1) is 10.1 Å². The summed E-state index contributed by atoms with van der Waals surface area (Å²) in [6, 6.07) is 0.145. The minimum atomic E-state index is -9.92. The predicted octanol–water partition coefficient (Wildman–Crippen LogP) is 4.60. The Hall–Kier alpha value is -1.10. The number of nitro benzene ring substituents is 1. The maximum Gasteiger partial charge on any atom is 0.311 e. The SMILES string of the molecule is Nc1cc(S(F)(F)(F)(F)F)c(Br)cc1[N+](=O)[O-]. The molecule has 11 heteroatoms. The van der Waals surface area contributed by atoms with Crippen molar-refractivity contribution in [1.82, 2.24) is 0 Å². The van der Waals surface area contributed by atoms with Gasteiger partial charge in [0.15, 0.2) is 0 Å². The number of nitrogens with zero attached hydrogens (tertiary/aromatic N) is 1. The van der Waals surface area contributed by atoms with Gasteiger partial charge in [-0.3, -0.25) is 10.1 Å². The van der Waals surface area contributed by atoms with Crippen molar-refractivity contribution in [1.29, 1.82) is 0 Å². The molecule has 0 unspecified atom stereocenters. The van der Waals surface area contributed by atoms with Gasteiger partial charge in [0.2, 0.25) is 0 Å². The van der Waals surface area contributed by atoms with E-state index in [0.717, 1.165) is 0 Å². The molecule has 0 radical (unpaired) electrons. The molecule has 1 rings (SSSR count). The summed E-state index contributed by atoms with van der Waals surface area (Å²) in [6.45, 7) is 0. The lowest BCUT2D eigenvalue weighted by Gasteiger charge is -2.41. The Labute approximate surface area is 99.6 Å². The molecule has 1 aromatic rings. The van der Waals surface area contributed by atoms with E-state index >= 15 is 0 Å². The second-order valence-corrected chi connectivity index (χ2v) is 6.30. The Kier molecular flexibility index (Phi) is 2.48. The Bertz CT molecular complexity index is 517. The van der Waals surface area contributed by atoms with Gasteiger partial charge >= 0.3 is 10.2 Å². The number of nitrogens with two attached hydrogens (primary N) is 1. The van der Waals surface area contributed by atoms with Crippen LogP contribution < -0.4 is 5.73 Å². The number of hydrogen-bond acceptors (Lipinski definition) is 3. The zero-order valence-electron chi connectivity index (χ0n) is 7.67. The van der Waals surface area contributed by atoms with Crippen molar-refractivity contribution < 1.29 is 24.4 Å². The summed E-state index contributed by atoms with van der Waals surface area (Å²) in [6.07, 6.45) is 0. The number of rotatable bonds is 2. The molecule has 0 aromatic heterocycles. The van der Waals surface area contributed by atoms with Crippen LogP contribution in [0.4, 0.5) is 30.8 Å². The number of anilines is 1. The zero-order chi connectivity index (χ0) is 13.7. The minimum Gasteiger partial charge on any atom is -0.393 e. The van der Waals surface area contributed by atoms with Crippen LogP contribution in [0.15, 0.2) is 21.5 Å². The summed E-state index contributed by atoms with van der Waals surface area (Å²) < 4.78 is 61.2. The molecular formula is C6H4BrF5N2O2S. The maximum atomic E-state index is 12.5. The predicted molar refractivity (Wildman–Crippen MR) is 56.6 cm³/mol. The van der Waals surface area contributed by atoms with Gasteiger partial charge in [-0.2, -0.15) is 0 Å². The zero-order valence-corrected chi connectivity index (χ0v) is 10.1. The van der Waals surface area contributed by atoms with Crippen LogP contribution in [0.5, 0.6) is 0 Å². The first-order valence-electron chi connectivity index (χ1n) is 3.70. The highest BCUT2D eigenvalue weighted by molar-refractivity contribution is 9.10. The van der Waals surface area contributed by atoms with Crippen molar-refractivity contribution in [2.45, 2.75) is 4.90 Å². The Morgan fingerprint density at radius 1 is 1.24 bits per heavy atom. The van der Waals surface area contributed by atoms with Gasteiger partial charge in [0, 0.05) is 10.5 Å². The second-order valence-electron chi connectivity index (χ2n) is 3.07. The first-order valence-corrected chi connectivity index (χ1v) is 6.44. The van der Waals surface area contributed by atoms with Crippen LogP contribution in [-0.4, -0.2) is 4.92 Å². The molecule has 0 fully saturated rings. The van der Waals surface area contributed by atoms with E-state index in [0.29, 0.717) is 6.07 Å². The maximum absolute atomic E-state index is 12.5. The summed E-state index contributed by atoms with van der Waals surface area (Å²) >= 11 is 2.23. The standard InChI is InChI=1S/C6H4BrF5N2O2S/c7-3-1-5(14(15)16)4(13)2-6(3)17(8,9,10,11)12/h1-2H,13H2. The largest absolute Gasteiger partial charge is 0.393 e. The fraction of sp³-hybridized carbons (Fsp3) is 0. The number of halogens is 6. The molecule has 0 bridgehead atoms. The van der Waals surface area contributed by atoms with Crippen LogP contribution in [0.2, 0.25) is 0 Å². The number of benzene rings is 1. The van der Waals surface area contributed by atoms with E-state index in [-0.39, 0.29) is 6.07 Å². The van der Waals surface area contributed by atoms with Crippen molar-refractivity contribution in [3.05, 3.63) is 26.7 Å². The van der Waals surface area contributed by atoms with E-state index in [1.807, 2.05) is 0 Å². The van der Waals surface area contributed by atoms with Crippen molar-refractivity contribution in [3.8, 4) is 0 Å². The lowest BCUT2D eigenvalue weighted by atomic mass is 10.3. The first-order chi connectivity index (χ1) is 7.22. The Morgan fingerprint density at radius 2 is 1.71 bits per heavy atom. The first kappa shape index (κ1) is 14.0. The van der Waals surface area contributed by atoms with E-state index < -0.39 is 35.9 Å². The Balaban J connectivity index is 3.64. The number of hydrogen-bond donors (Lipinski definition) is 1. The summed E-state index contributed by atoms with van der Waals surface area (Å²) in [7, 11) is -9.92. The average molecular weight is 343 g/mol. The van der Waals surface area contributed by atoms with E-state index in [2.05, 4.69) is 15.9 Å². The average Bonchev–Trinajstić information content (AvgIpc) is 2.03. The highest BCUT2D eigenvalue weighted by atomic mass is 79.9. The van der Waals surface area contributed by atoms with Gasteiger partial charge in [-0.05, 0) is 22.0 Å². The minimum absolute atomic E-state index is 0.149. The topological polar surface area (TPSA) is 69.2 Å². The van der Waals surface area contributed by atoms with Crippen molar-refractivity contribution >= 4 is 37.5 Å². The van der Waals surface area contributed by atoms with Gasteiger partial charge in [0.05, 0.1) is 4.92 Å². The monoisotopic (exact) mass is 342 g/mol. The van der Waals surface area contributed by atoms with Gasteiger partial charge in [0.25, 0.3) is 5.69 Å². The molecule has 2 N–H and O–H groups in total. The molecule has 0 spiro atoms. The summed E-state index contributed by atoms with van der Waals surface area (Å²) in [5.41, 5.74) is 3.06. The van der Waals surface area contributed by atoms with Crippen LogP contribution in [0.3, 0.4) is 0 Å². The highest BCUT2D eigenvalue weighted by Gasteiger charge is 2.66. The molecule has 0 aliphatic heterocycles. The summed E-state index contributed by atoms with van der Waals surface area (Å²) in [5.74, 6) is 0. The third-order valence-corrected chi connectivity index (χ3v) is 3.78. The number of nitrogen functional groups attached to an aromatic ring is 1. The molecule has 0 saturated carbocycles. The van der Waals surface area contributed by atoms with Gasteiger partial charge in [0.1, 0.15) is 10.6 Å². The molecule has 4 nitrogen and oxygen atoms in total. The smallest absolute Gasteiger partial charge is 0.311 e. The second kappa shape index (κ2) is 3.02. The summed E-state index contributed by atoms with van der Waals surface area (Å²) in [4.78, 5) is 6.98. The van der Waals surface area contributed by atoms with Crippen LogP contribution in [0.25, 0.3) is 0 Å².